The van der Waals surface area contributed by atoms with Gasteiger partial charge in [0.25, 0.3) is 0 Å². The van der Waals surface area contributed by atoms with Crippen molar-refractivity contribution in [2.75, 3.05) is 13.1 Å². The van der Waals surface area contributed by atoms with Crippen LogP contribution in [0.25, 0.3) is 0 Å². The third kappa shape index (κ3) is 3.20. The maximum Gasteiger partial charge on any atom is 0.246 e. The van der Waals surface area contributed by atoms with Gasteiger partial charge in [0.15, 0.2) is 0 Å². The van der Waals surface area contributed by atoms with Gasteiger partial charge in [-0.2, -0.15) is 0 Å². The van der Waals surface area contributed by atoms with E-state index in [0.717, 1.165) is 13.0 Å². The number of amides is 1. The van der Waals surface area contributed by atoms with Gasteiger partial charge < -0.3 is 10.6 Å². The summed E-state index contributed by atoms with van der Waals surface area (Å²) >= 11 is 0. The Morgan fingerprint density at radius 3 is 2.80 bits per heavy atom. The first-order valence-corrected chi connectivity index (χ1v) is 5.49. The second-order valence-electron chi connectivity index (χ2n) is 4.06. The lowest BCUT2D eigenvalue weighted by Gasteiger charge is -2.19. The fourth-order valence-electron chi connectivity index (χ4n) is 1.96. The van der Waals surface area contributed by atoms with Crippen LogP contribution in [0.4, 0.5) is 0 Å². The SMILES string of the molecule is CC=CC=CC(=O)N1CC(CN)CC1C. The summed E-state index contributed by atoms with van der Waals surface area (Å²) in [6.45, 7) is 5.48. The number of nitrogens with two attached hydrogens (primary N) is 1. The topological polar surface area (TPSA) is 46.3 Å². The summed E-state index contributed by atoms with van der Waals surface area (Å²) in [7, 11) is 0. The third-order valence-corrected chi connectivity index (χ3v) is 2.82. The number of carbonyl (C=O) groups is 1. The molecule has 2 N–H and O–H groups in total. The van der Waals surface area contributed by atoms with Crippen molar-refractivity contribution in [1.29, 1.82) is 0 Å². The maximum absolute atomic E-state index is 11.8. The van der Waals surface area contributed by atoms with Crippen molar-refractivity contribution in [3.63, 3.8) is 0 Å². The molecule has 0 aromatic carbocycles. The number of hydrogen-bond donors (Lipinski definition) is 1. The standard InChI is InChI=1S/C12H20N2O/c1-3-4-5-6-12(15)14-9-11(8-13)7-10(14)2/h3-6,10-11H,7-9,13H2,1-2H3. The summed E-state index contributed by atoms with van der Waals surface area (Å²) in [5.74, 6) is 0.565. The normalized spacial score (nSPS) is 27.0. The van der Waals surface area contributed by atoms with Crippen molar-refractivity contribution in [2.24, 2.45) is 11.7 Å². The van der Waals surface area contributed by atoms with Gasteiger partial charge in [-0.25, -0.2) is 0 Å². The minimum absolute atomic E-state index is 0.0940. The van der Waals surface area contributed by atoms with Crippen LogP contribution in [0.1, 0.15) is 20.3 Å². The fourth-order valence-corrected chi connectivity index (χ4v) is 1.96. The first-order valence-electron chi connectivity index (χ1n) is 5.49. The van der Waals surface area contributed by atoms with E-state index in [0.29, 0.717) is 18.5 Å². The Bertz CT molecular complexity index is 271. The fraction of sp³-hybridized carbons (Fsp3) is 0.583. The first kappa shape index (κ1) is 12.0. The summed E-state index contributed by atoms with van der Waals surface area (Å²) < 4.78 is 0. The molecule has 1 amide bonds. The summed E-state index contributed by atoms with van der Waals surface area (Å²) in [5.41, 5.74) is 5.61. The molecule has 3 heteroatoms. The zero-order chi connectivity index (χ0) is 11.3. The van der Waals surface area contributed by atoms with Gasteiger partial charge in [0.05, 0.1) is 0 Å². The molecule has 1 aliphatic rings. The van der Waals surface area contributed by atoms with Crippen molar-refractivity contribution in [1.82, 2.24) is 4.90 Å². The highest BCUT2D eigenvalue weighted by atomic mass is 16.2. The van der Waals surface area contributed by atoms with Gasteiger partial charge in [-0.05, 0) is 32.7 Å². The Labute approximate surface area is 91.6 Å². The second-order valence-corrected chi connectivity index (χ2v) is 4.06. The van der Waals surface area contributed by atoms with Crippen LogP contribution < -0.4 is 5.73 Å². The number of likely N-dealkylation sites (tertiary alicyclic amines) is 1. The Morgan fingerprint density at radius 1 is 1.53 bits per heavy atom. The lowest BCUT2D eigenvalue weighted by Crippen LogP contribution is -2.33. The van der Waals surface area contributed by atoms with Crippen LogP contribution in [-0.4, -0.2) is 29.9 Å². The lowest BCUT2D eigenvalue weighted by atomic mass is 10.1. The highest BCUT2D eigenvalue weighted by Crippen LogP contribution is 2.22. The summed E-state index contributed by atoms with van der Waals surface area (Å²) in [6.07, 6.45) is 8.19. The van der Waals surface area contributed by atoms with Crippen molar-refractivity contribution in [2.45, 2.75) is 26.3 Å². The van der Waals surface area contributed by atoms with Crippen LogP contribution in [0.2, 0.25) is 0 Å². The molecule has 0 radical (unpaired) electrons. The van der Waals surface area contributed by atoms with Gasteiger partial charge in [0.2, 0.25) is 5.91 Å². The molecule has 2 atom stereocenters. The van der Waals surface area contributed by atoms with Crippen molar-refractivity contribution in [3.8, 4) is 0 Å². The zero-order valence-electron chi connectivity index (χ0n) is 9.52. The monoisotopic (exact) mass is 208 g/mol. The number of carbonyl (C=O) groups excluding carboxylic acids is 1. The minimum Gasteiger partial charge on any atom is -0.336 e. The van der Waals surface area contributed by atoms with E-state index in [-0.39, 0.29) is 5.91 Å². The van der Waals surface area contributed by atoms with Crippen molar-refractivity contribution in [3.05, 3.63) is 24.3 Å². The van der Waals surface area contributed by atoms with Gasteiger partial charge in [-0.3, -0.25) is 4.79 Å². The van der Waals surface area contributed by atoms with E-state index >= 15 is 0 Å². The molecule has 0 aliphatic carbocycles. The molecule has 1 rings (SSSR count). The Hall–Kier alpha value is -1.09. The predicted octanol–water partition coefficient (Wildman–Crippen LogP) is 1.31. The van der Waals surface area contributed by atoms with Crippen LogP contribution in [0, 0.1) is 5.92 Å². The zero-order valence-corrected chi connectivity index (χ0v) is 9.52. The molecule has 1 saturated heterocycles. The Kier molecular flexibility index (Phi) is 4.56. The smallest absolute Gasteiger partial charge is 0.246 e. The maximum atomic E-state index is 11.8. The molecule has 0 bridgehead atoms. The number of hydrogen-bond acceptors (Lipinski definition) is 2. The minimum atomic E-state index is 0.0940. The average Bonchev–Trinajstić information content (AvgIpc) is 2.60. The average molecular weight is 208 g/mol. The van der Waals surface area contributed by atoms with E-state index in [2.05, 4.69) is 6.92 Å². The molecule has 0 aromatic heterocycles. The van der Waals surface area contributed by atoms with E-state index < -0.39 is 0 Å². The predicted molar refractivity (Wildman–Crippen MR) is 62.3 cm³/mol. The highest BCUT2D eigenvalue weighted by molar-refractivity contribution is 5.88. The first-order chi connectivity index (χ1) is 7.19. The van der Waals surface area contributed by atoms with Gasteiger partial charge in [-0.1, -0.05) is 18.2 Å². The van der Waals surface area contributed by atoms with Gasteiger partial charge in [-0.15, -0.1) is 0 Å². The molecule has 15 heavy (non-hydrogen) atoms. The van der Waals surface area contributed by atoms with E-state index in [4.69, 9.17) is 5.73 Å². The highest BCUT2D eigenvalue weighted by Gasteiger charge is 2.30. The van der Waals surface area contributed by atoms with Crippen LogP contribution in [0.5, 0.6) is 0 Å². The van der Waals surface area contributed by atoms with Gasteiger partial charge >= 0.3 is 0 Å². The lowest BCUT2D eigenvalue weighted by molar-refractivity contribution is -0.126. The molecule has 3 nitrogen and oxygen atoms in total. The van der Waals surface area contributed by atoms with Crippen molar-refractivity contribution < 1.29 is 4.79 Å². The van der Waals surface area contributed by atoms with Gasteiger partial charge in [0, 0.05) is 18.7 Å². The van der Waals surface area contributed by atoms with Crippen LogP contribution >= 0.6 is 0 Å². The molecule has 1 heterocycles. The number of allylic oxidation sites excluding steroid dienone is 3. The van der Waals surface area contributed by atoms with Crippen LogP contribution in [-0.2, 0) is 4.79 Å². The van der Waals surface area contributed by atoms with E-state index in [1.807, 2.05) is 24.0 Å². The molecule has 0 saturated carbocycles. The largest absolute Gasteiger partial charge is 0.336 e. The van der Waals surface area contributed by atoms with E-state index in [1.54, 1.807) is 12.2 Å². The molecule has 0 spiro atoms. The summed E-state index contributed by atoms with van der Waals surface area (Å²) in [6, 6.07) is 0.321. The second kappa shape index (κ2) is 5.71. The molecule has 1 aliphatic heterocycles. The number of nitrogens with zero attached hydrogens (tertiary/aromatic N) is 1. The molecule has 0 aromatic rings. The van der Waals surface area contributed by atoms with Gasteiger partial charge in [0.1, 0.15) is 0 Å². The molecule has 2 unspecified atom stereocenters. The van der Waals surface area contributed by atoms with Crippen molar-refractivity contribution >= 4 is 5.91 Å². The Morgan fingerprint density at radius 2 is 2.27 bits per heavy atom. The molecule has 84 valence electrons. The summed E-state index contributed by atoms with van der Waals surface area (Å²) in [4.78, 5) is 13.7. The van der Waals surface area contributed by atoms with Crippen LogP contribution in [0.3, 0.4) is 0 Å². The number of rotatable bonds is 3. The Balaban J connectivity index is 2.53. The molecular weight excluding hydrogens is 188 g/mol. The molecular formula is C12H20N2O. The molecule has 1 fully saturated rings. The van der Waals surface area contributed by atoms with E-state index in [9.17, 15) is 4.79 Å². The third-order valence-electron chi connectivity index (χ3n) is 2.82. The van der Waals surface area contributed by atoms with E-state index in [1.165, 1.54) is 0 Å². The van der Waals surface area contributed by atoms with Crippen LogP contribution in [0.15, 0.2) is 24.3 Å². The summed E-state index contributed by atoms with van der Waals surface area (Å²) in [5, 5.41) is 0. The quantitative estimate of drug-likeness (QED) is 0.561.